The Morgan fingerprint density at radius 1 is 1.12 bits per heavy atom. The Hall–Kier alpha value is -1.81. The number of amides is 1. The molecule has 1 aromatic carbocycles. The summed E-state index contributed by atoms with van der Waals surface area (Å²) in [5, 5.41) is 3.88. The number of nitrogens with one attached hydrogen (secondary N) is 1. The first-order valence-corrected chi connectivity index (χ1v) is 8.08. The third-order valence-electron chi connectivity index (χ3n) is 2.73. The Balaban J connectivity index is 2.09. The molecule has 10 heteroatoms. The van der Waals surface area contributed by atoms with Gasteiger partial charge in [-0.15, -0.1) is 11.3 Å². The predicted octanol–water partition coefficient (Wildman–Crippen LogP) is 4.64. The first kappa shape index (κ1) is 18.5. The van der Waals surface area contributed by atoms with Gasteiger partial charge >= 0.3 is 13.2 Å². The van der Waals surface area contributed by atoms with Crippen molar-refractivity contribution in [1.82, 2.24) is 5.32 Å². The highest BCUT2D eigenvalue weighted by atomic mass is 79.9. The molecular formula is C14H10BrF4NO3S. The number of ether oxygens (including phenoxy) is 2. The van der Waals surface area contributed by atoms with Crippen molar-refractivity contribution in [1.29, 1.82) is 0 Å². The van der Waals surface area contributed by atoms with Gasteiger partial charge in [-0.2, -0.15) is 17.6 Å². The van der Waals surface area contributed by atoms with E-state index in [2.05, 4.69) is 30.7 Å². The van der Waals surface area contributed by atoms with Gasteiger partial charge in [-0.1, -0.05) is 15.9 Å². The topological polar surface area (TPSA) is 47.6 Å². The van der Waals surface area contributed by atoms with E-state index in [1.54, 1.807) is 0 Å². The number of hydrogen-bond donors (Lipinski definition) is 1. The Morgan fingerprint density at radius 3 is 2.46 bits per heavy atom. The second-order valence-electron chi connectivity index (χ2n) is 4.31. The van der Waals surface area contributed by atoms with Crippen LogP contribution >= 0.6 is 27.3 Å². The van der Waals surface area contributed by atoms with Crippen LogP contribution < -0.4 is 14.8 Å². The molecule has 0 radical (unpaired) electrons. The highest BCUT2D eigenvalue weighted by Gasteiger charge is 2.18. The molecule has 0 saturated heterocycles. The lowest BCUT2D eigenvalue weighted by Gasteiger charge is -2.12. The average molecular weight is 428 g/mol. The van der Waals surface area contributed by atoms with E-state index in [0.717, 1.165) is 11.3 Å². The van der Waals surface area contributed by atoms with Crippen molar-refractivity contribution in [3.05, 3.63) is 44.6 Å². The lowest BCUT2D eigenvalue weighted by atomic mass is 10.2. The molecule has 0 aliphatic carbocycles. The van der Waals surface area contributed by atoms with E-state index in [4.69, 9.17) is 0 Å². The molecule has 1 amide bonds. The van der Waals surface area contributed by atoms with Crippen molar-refractivity contribution in [3.63, 3.8) is 0 Å². The number of thiophene rings is 1. The molecule has 0 bridgehead atoms. The second-order valence-corrected chi connectivity index (χ2v) is 6.14. The summed E-state index contributed by atoms with van der Waals surface area (Å²) in [5.74, 6) is -1.00. The Labute approximate surface area is 146 Å². The molecular weight excluding hydrogens is 418 g/mol. The smallest absolute Gasteiger partial charge is 0.387 e. The van der Waals surface area contributed by atoms with Gasteiger partial charge in [0.15, 0.2) is 0 Å². The molecule has 0 unspecified atom stereocenters. The lowest BCUT2D eigenvalue weighted by Crippen LogP contribution is -2.23. The summed E-state index contributed by atoms with van der Waals surface area (Å²) >= 11 is 4.11. The summed E-state index contributed by atoms with van der Waals surface area (Å²) in [6, 6.07) is 5.59. The largest absolute Gasteiger partial charge is 0.434 e. The molecule has 2 rings (SSSR count). The Kier molecular flexibility index (Phi) is 6.44. The summed E-state index contributed by atoms with van der Waals surface area (Å²) in [4.78, 5) is 12.0. The molecule has 2 aromatic rings. The van der Waals surface area contributed by atoms with Crippen LogP contribution in [0.1, 0.15) is 15.2 Å². The predicted molar refractivity (Wildman–Crippen MR) is 82.9 cm³/mol. The molecule has 1 N–H and O–H groups in total. The molecule has 1 aromatic heterocycles. The number of benzene rings is 1. The van der Waals surface area contributed by atoms with Crippen LogP contribution in [0.5, 0.6) is 11.5 Å². The Morgan fingerprint density at radius 2 is 1.79 bits per heavy atom. The molecule has 0 aliphatic heterocycles. The number of hydrogen-bond acceptors (Lipinski definition) is 4. The van der Waals surface area contributed by atoms with Crippen LogP contribution in [-0.2, 0) is 6.54 Å². The number of halogens is 5. The van der Waals surface area contributed by atoms with Crippen molar-refractivity contribution in [2.24, 2.45) is 0 Å². The van der Waals surface area contributed by atoms with E-state index in [9.17, 15) is 22.4 Å². The van der Waals surface area contributed by atoms with Gasteiger partial charge in [0.05, 0.1) is 0 Å². The minimum absolute atomic E-state index is 0.0402. The van der Waals surface area contributed by atoms with Crippen molar-refractivity contribution in [2.45, 2.75) is 19.8 Å². The van der Waals surface area contributed by atoms with Crippen molar-refractivity contribution >= 4 is 33.2 Å². The van der Waals surface area contributed by atoms with Crippen LogP contribution in [0, 0.1) is 0 Å². The molecule has 0 saturated carbocycles. The normalized spacial score (nSPS) is 11.0. The second kappa shape index (κ2) is 8.34. The first-order valence-electron chi connectivity index (χ1n) is 6.40. The molecule has 0 fully saturated rings. The van der Waals surface area contributed by atoms with Crippen LogP contribution in [0.15, 0.2) is 34.1 Å². The fourth-order valence-corrected chi connectivity index (χ4v) is 2.95. The molecule has 4 nitrogen and oxygen atoms in total. The third-order valence-corrected chi connectivity index (χ3v) is 4.12. The quantitative estimate of drug-likeness (QED) is 0.654. The van der Waals surface area contributed by atoms with Crippen LogP contribution in [0.3, 0.4) is 0 Å². The van der Waals surface area contributed by atoms with Gasteiger partial charge in [0.1, 0.15) is 16.4 Å². The van der Waals surface area contributed by atoms with Gasteiger partial charge in [-0.05, 0) is 29.6 Å². The maximum Gasteiger partial charge on any atom is 0.387 e. The van der Waals surface area contributed by atoms with Gasteiger partial charge in [-0.25, -0.2) is 0 Å². The van der Waals surface area contributed by atoms with E-state index < -0.39 is 19.1 Å². The van der Waals surface area contributed by atoms with Crippen molar-refractivity contribution < 1.29 is 31.8 Å². The van der Waals surface area contributed by atoms with Gasteiger partial charge in [0.25, 0.3) is 5.91 Å². The zero-order valence-electron chi connectivity index (χ0n) is 11.8. The number of carbonyl (C=O) groups is 1. The summed E-state index contributed by atoms with van der Waals surface area (Å²) in [5.41, 5.74) is 0.297. The molecule has 24 heavy (non-hydrogen) atoms. The van der Waals surface area contributed by atoms with E-state index in [1.165, 1.54) is 29.6 Å². The fourth-order valence-electron chi connectivity index (χ4n) is 1.80. The number of carbonyl (C=O) groups excluding carboxylic acids is 1. The standard InChI is InChI=1S/C14H10BrF4NO3S/c15-8-1-2-9(22-13(16)17)7(5-8)6-20-12(21)11-10(3-4-24-11)23-14(18)19/h1-5,13-14H,6H2,(H,20,21). The third kappa shape index (κ3) is 5.10. The van der Waals surface area contributed by atoms with Gasteiger partial charge in [0, 0.05) is 16.6 Å². The summed E-state index contributed by atoms with van der Waals surface area (Å²) in [7, 11) is 0. The zero-order valence-corrected chi connectivity index (χ0v) is 14.2. The van der Waals surface area contributed by atoms with E-state index in [0.29, 0.717) is 10.0 Å². The van der Waals surface area contributed by atoms with Crippen LogP contribution in [0.4, 0.5) is 17.6 Å². The van der Waals surface area contributed by atoms with Crippen molar-refractivity contribution in [2.75, 3.05) is 0 Å². The van der Waals surface area contributed by atoms with Crippen LogP contribution in [0.25, 0.3) is 0 Å². The molecule has 1 heterocycles. The number of alkyl halides is 4. The molecule has 0 spiro atoms. The monoisotopic (exact) mass is 427 g/mol. The van der Waals surface area contributed by atoms with E-state index in [1.807, 2.05) is 0 Å². The summed E-state index contributed by atoms with van der Waals surface area (Å²) in [6.45, 7) is -6.20. The highest BCUT2D eigenvalue weighted by molar-refractivity contribution is 9.10. The Bertz CT molecular complexity index is 711. The first-order chi connectivity index (χ1) is 11.4. The highest BCUT2D eigenvalue weighted by Crippen LogP contribution is 2.28. The summed E-state index contributed by atoms with van der Waals surface area (Å²) < 4.78 is 58.5. The van der Waals surface area contributed by atoms with Crippen molar-refractivity contribution in [3.8, 4) is 11.5 Å². The maximum absolute atomic E-state index is 12.4. The minimum Gasteiger partial charge on any atom is -0.434 e. The van der Waals surface area contributed by atoms with E-state index in [-0.39, 0.29) is 22.9 Å². The molecule has 130 valence electrons. The SMILES string of the molecule is O=C(NCc1cc(Br)ccc1OC(F)F)c1sccc1OC(F)F. The van der Waals surface area contributed by atoms with Gasteiger partial charge in [0.2, 0.25) is 0 Å². The van der Waals surface area contributed by atoms with Gasteiger partial charge in [-0.3, -0.25) is 4.79 Å². The van der Waals surface area contributed by atoms with Crippen LogP contribution in [0.2, 0.25) is 0 Å². The molecule has 0 aliphatic rings. The van der Waals surface area contributed by atoms with Crippen LogP contribution in [-0.4, -0.2) is 19.1 Å². The summed E-state index contributed by atoms with van der Waals surface area (Å²) in [6.07, 6.45) is 0. The average Bonchev–Trinajstić information content (AvgIpc) is 2.94. The van der Waals surface area contributed by atoms with E-state index >= 15 is 0 Å². The zero-order chi connectivity index (χ0) is 17.7. The minimum atomic E-state index is -3.05. The fraction of sp³-hybridized carbons (Fsp3) is 0.214. The lowest BCUT2D eigenvalue weighted by molar-refractivity contribution is -0.0508. The van der Waals surface area contributed by atoms with Gasteiger partial charge < -0.3 is 14.8 Å². The molecule has 0 atom stereocenters. The number of rotatable bonds is 7. The maximum atomic E-state index is 12.4.